The number of hydrogen-bond acceptors (Lipinski definition) is 13. The number of aliphatic hydroxyl groups excluding tert-OH is 5. The van der Waals surface area contributed by atoms with Gasteiger partial charge in [0.2, 0.25) is 0 Å². The van der Waals surface area contributed by atoms with Gasteiger partial charge >= 0.3 is 19.8 Å². The smallest absolute Gasteiger partial charge is 0.462 e. The van der Waals surface area contributed by atoms with Crippen LogP contribution >= 0.6 is 7.82 Å². The molecule has 0 aromatic heterocycles. The van der Waals surface area contributed by atoms with E-state index >= 15 is 0 Å². The Kier molecular flexibility index (Phi) is 32.1. The monoisotopic (exact) mass is 927 g/mol. The number of hydrogen-bond donors (Lipinski definition) is 6. The Morgan fingerprint density at radius 3 is 1.66 bits per heavy atom. The maximum Gasteiger partial charge on any atom is 0.472 e. The zero-order chi connectivity index (χ0) is 46.8. The number of aliphatic hydroxyl groups is 5. The van der Waals surface area contributed by atoms with Crippen LogP contribution in [0.15, 0.2) is 60.8 Å². The van der Waals surface area contributed by atoms with E-state index in [0.29, 0.717) is 25.0 Å². The zero-order valence-corrected chi connectivity index (χ0v) is 39.6. The number of carbonyl (C=O) groups excluding carboxylic acids is 2. The lowest BCUT2D eigenvalue weighted by Gasteiger charge is -2.41. The highest BCUT2D eigenvalue weighted by atomic mass is 31.2. The van der Waals surface area contributed by atoms with Crippen LogP contribution in [0, 0.1) is 0 Å². The van der Waals surface area contributed by atoms with Crippen LogP contribution < -0.4 is 0 Å². The lowest BCUT2D eigenvalue weighted by atomic mass is 9.85. The predicted molar refractivity (Wildman–Crippen MR) is 248 cm³/mol. The highest BCUT2D eigenvalue weighted by Gasteiger charge is 2.51. The van der Waals surface area contributed by atoms with E-state index in [1.165, 1.54) is 19.3 Å². The third-order valence-corrected chi connectivity index (χ3v) is 12.3. The Morgan fingerprint density at radius 2 is 1.08 bits per heavy atom. The highest BCUT2D eigenvalue weighted by molar-refractivity contribution is 7.47. The topological polar surface area (TPSA) is 222 Å². The minimum Gasteiger partial charge on any atom is -0.462 e. The SMILES string of the molecule is CC/C=C\C/C=C\C/C=C\C/C=C\CCCCCCCCC(=O)O[C@H](COC(=O)CCCCCCC/C=C\CC1OC1CCCCC)COP(=O)(O)OC1[C@H](O)[C@H](O)C(O)[C@H](O)[C@H]1O. The van der Waals surface area contributed by atoms with Crippen molar-refractivity contribution in [3.63, 3.8) is 0 Å². The van der Waals surface area contributed by atoms with Gasteiger partial charge in [-0.05, 0) is 77.0 Å². The molecule has 2 fully saturated rings. The molecule has 368 valence electrons. The summed E-state index contributed by atoms with van der Waals surface area (Å²) < 4.78 is 39.3. The van der Waals surface area contributed by atoms with Gasteiger partial charge in [-0.2, -0.15) is 0 Å². The van der Waals surface area contributed by atoms with Crippen LogP contribution in [0.5, 0.6) is 0 Å². The summed E-state index contributed by atoms with van der Waals surface area (Å²) in [5, 5.41) is 50.2. The summed E-state index contributed by atoms with van der Waals surface area (Å²) in [6.07, 6.45) is 31.5. The van der Waals surface area contributed by atoms with E-state index in [0.717, 1.165) is 109 Å². The predicted octanol–water partition coefficient (Wildman–Crippen LogP) is 8.71. The lowest BCUT2D eigenvalue weighted by Crippen LogP contribution is -2.64. The number of phosphoric ester groups is 1. The molecule has 0 aromatic rings. The second-order valence-corrected chi connectivity index (χ2v) is 18.4. The van der Waals surface area contributed by atoms with E-state index in [4.69, 9.17) is 23.3 Å². The molecule has 10 atom stereocenters. The van der Waals surface area contributed by atoms with Crippen molar-refractivity contribution in [1.82, 2.24) is 0 Å². The summed E-state index contributed by atoms with van der Waals surface area (Å²) in [5.41, 5.74) is 0. The quantitative estimate of drug-likeness (QED) is 0.0112. The maximum atomic E-state index is 12.8. The molecule has 0 spiro atoms. The third-order valence-electron chi connectivity index (χ3n) is 11.3. The van der Waals surface area contributed by atoms with Crippen LogP contribution in [0.3, 0.4) is 0 Å². The van der Waals surface area contributed by atoms with Gasteiger partial charge in [0.05, 0.1) is 18.8 Å². The van der Waals surface area contributed by atoms with Gasteiger partial charge in [-0.1, -0.05) is 139 Å². The molecular weight excluding hydrogens is 843 g/mol. The Morgan fingerprint density at radius 1 is 0.578 bits per heavy atom. The number of phosphoric acid groups is 1. The Hall–Kier alpha value is -2.49. The molecule has 15 heteroatoms. The van der Waals surface area contributed by atoms with Gasteiger partial charge in [-0.25, -0.2) is 4.57 Å². The van der Waals surface area contributed by atoms with Crippen molar-refractivity contribution in [2.75, 3.05) is 13.2 Å². The first-order chi connectivity index (χ1) is 30.9. The average molecular weight is 927 g/mol. The molecule has 1 aliphatic carbocycles. The fourth-order valence-electron chi connectivity index (χ4n) is 7.28. The van der Waals surface area contributed by atoms with E-state index in [1.54, 1.807) is 0 Å². The second kappa shape index (κ2) is 35.7. The largest absolute Gasteiger partial charge is 0.472 e. The van der Waals surface area contributed by atoms with Crippen LogP contribution in [0.4, 0.5) is 0 Å². The average Bonchev–Trinajstić information content (AvgIpc) is 4.03. The molecule has 0 aromatic carbocycles. The molecule has 1 saturated carbocycles. The number of unbranched alkanes of at least 4 members (excludes halogenated alkanes) is 13. The first-order valence-corrected chi connectivity index (χ1v) is 25.7. The van der Waals surface area contributed by atoms with E-state index < -0.39 is 75.7 Å². The summed E-state index contributed by atoms with van der Waals surface area (Å²) in [5.74, 6) is -1.14. The number of rotatable bonds is 38. The fourth-order valence-corrected chi connectivity index (χ4v) is 8.26. The molecule has 0 radical (unpaired) electrons. The minimum absolute atomic E-state index is 0.0720. The van der Waals surface area contributed by atoms with Gasteiger partial charge in [-0.15, -0.1) is 0 Å². The van der Waals surface area contributed by atoms with Crippen molar-refractivity contribution < 1.29 is 67.8 Å². The first kappa shape index (κ1) is 57.6. The van der Waals surface area contributed by atoms with Crippen LogP contribution in [-0.2, 0) is 37.4 Å². The van der Waals surface area contributed by atoms with Gasteiger partial charge < -0.3 is 44.6 Å². The van der Waals surface area contributed by atoms with Crippen LogP contribution in [0.25, 0.3) is 0 Å². The summed E-state index contributed by atoms with van der Waals surface area (Å²) in [6.45, 7) is 3.13. The minimum atomic E-state index is -5.13. The third kappa shape index (κ3) is 27.2. The molecule has 64 heavy (non-hydrogen) atoms. The molecule has 1 aliphatic heterocycles. The maximum absolute atomic E-state index is 12.8. The van der Waals surface area contributed by atoms with E-state index in [-0.39, 0.29) is 12.8 Å². The van der Waals surface area contributed by atoms with Crippen LogP contribution in [0.2, 0.25) is 0 Å². The molecule has 2 aliphatic rings. The number of carbonyl (C=O) groups is 2. The van der Waals surface area contributed by atoms with Crippen molar-refractivity contribution in [3.05, 3.63) is 60.8 Å². The summed E-state index contributed by atoms with van der Waals surface area (Å²) in [7, 11) is -5.13. The molecular formula is C49H83O14P. The van der Waals surface area contributed by atoms with E-state index in [9.17, 15) is 44.6 Å². The van der Waals surface area contributed by atoms with Crippen molar-refractivity contribution in [2.24, 2.45) is 0 Å². The van der Waals surface area contributed by atoms with Gasteiger partial charge in [0.25, 0.3) is 0 Å². The van der Waals surface area contributed by atoms with Gasteiger partial charge in [-0.3, -0.25) is 18.6 Å². The van der Waals surface area contributed by atoms with Crippen LogP contribution in [0.1, 0.15) is 168 Å². The molecule has 14 nitrogen and oxygen atoms in total. The Labute approximate surface area is 383 Å². The lowest BCUT2D eigenvalue weighted by molar-refractivity contribution is -0.220. The molecule has 6 N–H and O–H groups in total. The normalized spacial score (nSPS) is 25.2. The molecule has 1 heterocycles. The van der Waals surface area contributed by atoms with Gasteiger partial charge in [0.1, 0.15) is 43.2 Å². The van der Waals surface area contributed by atoms with Crippen molar-refractivity contribution >= 4 is 19.8 Å². The van der Waals surface area contributed by atoms with Gasteiger partial charge in [0.15, 0.2) is 6.10 Å². The molecule has 0 amide bonds. The first-order valence-electron chi connectivity index (χ1n) is 24.2. The molecule has 2 rings (SSSR count). The fraction of sp³-hybridized carbons (Fsp3) is 0.755. The van der Waals surface area contributed by atoms with Gasteiger partial charge in [0, 0.05) is 12.8 Å². The number of epoxide rings is 1. The van der Waals surface area contributed by atoms with Crippen molar-refractivity contribution in [1.29, 1.82) is 0 Å². The zero-order valence-electron chi connectivity index (χ0n) is 38.8. The van der Waals surface area contributed by atoms with Crippen molar-refractivity contribution in [3.8, 4) is 0 Å². The molecule has 5 unspecified atom stereocenters. The number of ether oxygens (including phenoxy) is 3. The standard InChI is InChI=1S/C49H83O14P/c1-3-5-7-8-9-10-11-12-13-14-15-16-17-18-19-20-25-28-32-36-43(51)61-39(38-60-64(57,58)63-49-47(55)45(53)44(52)46(54)48(49)56)37-59-42(50)35-31-27-24-22-21-23-26-30-34-41-40(62-41)33-29-6-4-2/h5,7,9-10,12-13,15-16,26,30,39-41,44-49,52-56H,3-4,6,8,11,14,17-25,27-29,31-38H2,1-2H3,(H,57,58)/b7-5-,10-9-,13-12-,16-15-,30-26-/t39-,40?,41?,44?,45-,46+,47-,48-,49?/m1/s1. The number of esters is 2. The van der Waals surface area contributed by atoms with Crippen molar-refractivity contribution in [2.45, 2.75) is 223 Å². The van der Waals surface area contributed by atoms with E-state index in [1.807, 2.05) is 0 Å². The molecule has 1 saturated heterocycles. The summed E-state index contributed by atoms with van der Waals surface area (Å²) in [6, 6.07) is 0. The second-order valence-electron chi connectivity index (χ2n) is 17.0. The summed E-state index contributed by atoms with van der Waals surface area (Å²) in [4.78, 5) is 35.8. The van der Waals surface area contributed by atoms with Crippen LogP contribution in [-0.4, -0.2) is 111 Å². The molecule has 0 bridgehead atoms. The number of allylic oxidation sites excluding steroid dienone is 9. The summed E-state index contributed by atoms with van der Waals surface area (Å²) >= 11 is 0. The highest BCUT2D eigenvalue weighted by Crippen LogP contribution is 2.47. The Bertz CT molecular complexity index is 1420. The van der Waals surface area contributed by atoms with E-state index in [2.05, 4.69) is 74.6 Å². The Balaban J connectivity index is 1.69.